The molecule has 1 heterocycles. The zero-order valence-electron chi connectivity index (χ0n) is 19.3. The molecule has 0 radical (unpaired) electrons. The summed E-state index contributed by atoms with van der Waals surface area (Å²) in [5.41, 5.74) is 0. The van der Waals surface area contributed by atoms with Crippen molar-refractivity contribution in [3.05, 3.63) is 0 Å². The Labute approximate surface area is 175 Å². The number of likely N-dealkylation sites (tertiary alicyclic amines) is 1. The first-order valence-electron chi connectivity index (χ1n) is 12.5. The van der Waals surface area contributed by atoms with E-state index < -0.39 is 0 Å². The van der Waals surface area contributed by atoms with Crippen molar-refractivity contribution in [3.63, 3.8) is 0 Å². The maximum atomic E-state index is 12.3. The van der Waals surface area contributed by atoms with Crippen LogP contribution >= 0.6 is 0 Å². The maximum Gasteiger partial charge on any atom is 0.220 e. The lowest BCUT2D eigenvalue weighted by atomic mass is 9.78. The number of unbranched alkanes of at least 4 members (excludes halogenated alkanes) is 4. The van der Waals surface area contributed by atoms with Crippen LogP contribution in [0.3, 0.4) is 0 Å². The molecule has 1 saturated carbocycles. The molecule has 3 heteroatoms. The second-order valence-electron chi connectivity index (χ2n) is 10.3. The van der Waals surface area contributed by atoms with Crippen LogP contribution in [0, 0.1) is 23.7 Å². The van der Waals surface area contributed by atoms with E-state index in [0.29, 0.717) is 11.9 Å². The summed E-state index contributed by atoms with van der Waals surface area (Å²) < 4.78 is 0. The molecule has 1 aliphatic heterocycles. The summed E-state index contributed by atoms with van der Waals surface area (Å²) in [4.78, 5) is 14.9. The van der Waals surface area contributed by atoms with Gasteiger partial charge < -0.3 is 10.2 Å². The summed E-state index contributed by atoms with van der Waals surface area (Å²) in [7, 11) is 0. The van der Waals surface area contributed by atoms with Gasteiger partial charge in [0.1, 0.15) is 0 Å². The first-order chi connectivity index (χ1) is 13.5. The zero-order valence-corrected chi connectivity index (χ0v) is 19.3. The molecule has 1 saturated heterocycles. The van der Waals surface area contributed by atoms with Gasteiger partial charge in [-0.15, -0.1) is 0 Å². The molecule has 1 amide bonds. The first-order valence-corrected chi connectivity index (χ1v) is 12.5. The van der Waals surface area contributed by atoms with Gasteiger partial charge in [-0.2, -0.15) is 0 Å². The van der Waals surface area contributed by atoms with Gasteiger partial charge in [0, 0.05) is 12.5 Å². The van der Waals surface area contributed by atoms with Crippen LogP contribution in [0.4, 0.5) is 0 Å². The number of nitrogens with one attached hydrogen (secondary N) is 1. The van der Waals surface area contributed by atoms with E-state index in [4.69, 9.17) is 0 Å². The van der Waals surface area contributed by atoms with Crippen LogP contribution in [-0.4, -0.2) is 36.5 Å². The summed E-state index contributed by atoms with van der Waals surface area (Å²) in [6.07, 6.45) is 14.7. The summed E-state index contributed by atoms with van der Waals surface area (Å²) in [5, 5.41) is 3.32. The van der Waals surface area contributed by atoms with Gasteiger partial charge in [-0.3, -0.25) is 4.79 Å². The van der Waals surface area contributed by atoms with Crippen molar-refractivity contribution in [2.75, 3.05) is 19.6 Å². The molecule has 28 heavy (non-hydrogen) atoms. The van der Waals surface area contributed by atoms with Gasteiger partial charge in [0.2, 0.25) is 5.91 Å². The quantitative estimate of drug-likeness (QED) is 0.436. The van der Waals surface area contributed by atoms with E-state index in [1.165, 1.54) is 83.8 Å². The SMILES string of the molecule is CCC1CC(C)CC(NC(=O)CCCCCCCN2CCC(C(C)C)CC2)C1. The highest BCUT2D eigenvalue weighted by atomic mass is 16.1. The first kappa shape index (κ1) is 23.7. The Balaban J connectivity index is 1.44. The fraction of sp³-hybridized carbons (Fsp3) is 0.960. The minimum atomic E-state index is 0.293. The van der Waals surface area contributed by atoms with Crippen LogP contribution in [0.5, 0.6) is 0 Å². The minimum absolute atomic E-state index is 0.293. The molecule has 0 aromatic heterocycles. The van der Waals surface area contributed by atoms with Crippen molar-refractivity contribution >= 4 is 5.91 Å². The molecule has 164 valence electrons. The molecule has 1 aliphatic carbocycles. The van der Waals surface area contributed by atoms with Gasteiger partial charge in [-0.1, -0.05) is 53.4 Å². The van der Waals surface area contributed by atoms with Gasteiger partial charge >= 0.3 is 0 Å². The lowest BCUT2D eigenvalue weighted by molar-refractivity contribution is -0.122. The lowest BCUT2D eigenvalue weighted by Crippen LogP contribution is -2.40. The summed E-state index contributed by atoms with van der Waals surface area (Å²) >= 11 is 0. The zero-order chi connectivity index (χ0) is 20.4. The number of nitrogens with zero attached hydrogens (tertiary/aromatic N) is 1. The standard InChI is InChI=1S/C25H48N2O/c1-5-22-17-21(4)18-24(19-22)26-25(28)11-9-7-6-8-10-14-27-15-12-23(13-16-27)20(2)3/h20-24H,5-19H2,1-4H3,(H,26,28). The largest absolute Gasteiger partial charge is 0.353 e. The molecular formula is C25H48N2O. The fourth-order valence-electron chi connectivity index (χ4n) is 5.49. The maximum absolute atomic E-state index is 12.3. The third-order valence-electron chi connectivity index (χ3n) is 7.44. The molecule has 2 aliphatic rings. The monoisotopic (exact) mass is 392 g/mol. The molecule has 3 unspecified atom stereocenters. The van der Waals surface area contributed by atoms with Crippen LogP contribution in [-0.2, 0) is 4.79 Å². The smallest absolute Gasteiger partial charge is 0.220 e. The van der Waals surface area contributed by atoms with Gasteiger partial charge in [-0.05, 0) is 88.3 Å². The van der Waals surface area contributed by atoms with Gasteiger partial charge in [0.05, 0.1) is 0 Å². The number of carbonyl (C=O) groups is 1. The number of carbonyl (C=O) groups excluding carboxylic acids is 1. The van der Waals surface area contributed by atoms with E-state index in [1.54, 1.807) is 0 Å². The Morgan fingerprint density at radius 1 is 1.00 bits per heavy atom. The molecular weight excluding hydrogens is 344 g/mol. The van der Waals surface area contributed by atoms with Gasteiger partial charge in [-0.25, -0.2) is 0 Å². The number of hydrogen-bond donors (Lipinski definition) is 1. The van der Waals surface area contributed by atoms with Crippen LogP contribution in [0.15, 0.2) is 0 Å². The lowest BCUT2D eigenvalue weighted by Gasteiger charge is -2.33. The number of piperidine rings is 1. The summed E-state index contributed by atoms with van der Waals surface area (Å²) in [6.45, 7) is 13.3. The topological polar surface area (TPSA) is 32.3 Å². The molecule has 2 fully saturated rings. The van der Waals surface area contributed by atoms with E-state index >= 15 is 0 Å². The van der Waals surface area contributed by atoms with Crippen LogP contribution < -0.4 is 5.32 Å². The third-order valence-corrected chi connectivity index (χ3v) is 7.44. The molecule has 0 aromatic carbocycles. The molecule has 3 nitrogen and oxygen atoms in total. The Morgan fingerprint density at radius 2 is 1.68 bits per heavy atom. The number of rotatable bonds is 11. The molecule has 1 N–H and O–H groups in total. The van der Waals surface area contributed by atoms with Crippen molar-refractivity contribution in [1.82, 2.24) is 10.2 Å². The van der Waals surface area contributed by atoms with Crippen LogP contribution in [0.25, 0.3) is 0 Å². The fourth-order valence-corrected chi connectivity index (χ4v) is 5.49. The third kappa shape index (κ3) is 8.84. The average molecular weight is 393 g/mol. The molecule has 3 atom stereocenters. The van der Waals surface area contributed by atoms with Crippen molar-refractivity contribution < 1.29 is 4.79 Å². The Bertz CT molecular complexity index is 428. The van der Waals surface area contributed by atoms with Crippen LogP contribution in [0.1, 0.15) is 105 Å². The Morgan fingerprint density at radius 3 is 2.36 bits per heavy atom. The highest BCUT2D eigenvalue weighted by Crippen LogP contribution is 2.31. The molecule has 2 rings (SSSR count). The van der Waals surface area contributed by atoms with Crippen LogP contribution in [0.2, 0.25) is 0 Å². The van der Waals surface area contributed by atoms with E-state index in [0.717, 1.165) is 36.5 Å². The van der Waals surface area contributed by atoms with E-state index in [1.807, 2.05) is 0 Å². The van der Waals surface area contributed by atoms with E-state index in [9.17, 15) is 4.79 Å². The number of hydrogen-bond acceptors (Lipinski definition) is 2. The molecule has 0 spiro atoms. The highest BCUT2D eigenvalue weighted by molar-refractivity contribution is 5.76. The van der Waals surface area contributed by atoms with E-state index in [2.05, 4.69) is 37.9 Å². The van der Waals surface area contributed by atoms with E-state index in [-0.39, 0.29) is 0 Å². The highest BCUT2D eigenvalue weighted by Gasteiger charge is 2.26. The van der Waals surface area contributed by atoms with Crippen molar-refractivity contribution in [3.8, 4) is 0 Å². The second-order valence-corrected chi connectivity index (χ2v) is 10.3. The van der Waals surface area contributed by atoms with Crippen molar-refractivity contribution in [2.45, 2.75) is 111 Å². The summed E-state index contributed by atoms with van der Waals surface area (Å²) in [5.74, 6) is 3.67. The Kier molecular flexibility index (Phi) is 10.9. The Hall–Kier alpha value is -0.570. The van der Waals surface area contributed by atoms with Gasteiger partial charge in [0.25, 0.3) is 0 Å². The summed E-state index contributed by atoms with van der Waals surface area (Å²) in [6, 6.07) is 0.432. The van der Waals surface area contributed by atoms with Gasteiger partial charge in [0.15, 0.2) is 0 Å². The predicted molar refractivity (Wildman–Crippen MR) is 120 cm³/mol. The molecule has 0 bridgehead atoms. The predicted octanol–water partition coefficient (Wildman–Crippen LogP) is 6.03. The normalized spacial score (nSPS) is 27.2. The average Bonchev–Trinajstić information content (AvgIpc) is 2.67. The second kappa shape index (κ2) is 12.9. The van der Waals surface area contributed by atoms with Crippen molar-refractivity contribution in [2.24, 2.45) is 23.7 Å². The number of amides is 1. The molecule has 0 aromatic rings. The van der Waals surface area contributed by atoms with Crippen molar-refractivity contribution in [1.29, 1.82) is 0 Å². The minimum Gasteiger partial charge on any atom is -0.353 e.